The average Bonchev–Trinajstić information content (AvgIpc) is 3.29. The Morgan fingerprint density at radius 2 is 1.80 bits per heavy atom. The molecule has 0 saturated carbocycles. The Morgan fingerprint density at radius 1 is 1.02 bits per heavy atom. The summed E-state index contributed by atoms with van der Waals surface area (Å²) in [5.41, 5.74) is 12.4. The molecule has 0 unspecified atom stereocenters. The first-order valence-electron chi connectivity index (χ1n) is 13.3. The molecule has 40 heavy (non-hydrogen) atoms. The van der Waals surface area contributed by atoms with Crippen LogP contribution < -0.4 is 11.1 Å². The second-order valence-electron chi connectivity index (χ2n) is 10.6. The van der Waals surface area contributed by atoms with Crippen molar-refractivity contribution >= 4 is 33.8 Å². The quantitative estimate of drug-likeness (QED) is 0.255. The first-order chi connectivity index (χ1) is 19.2. The minimum Gasteiger partial charge on any atom is -0.444 e. The van der Waals surface area contributed by atoms with Gasteiger partial charge in [0.2, 0.25) is 0 Å². The van der Waals surface area contributed by atoms with E-state index < -0.39 is 11.7 Å². The van der Waals surface area contributed by atoms with Gasteiger partial charge in [-0.25, -0.2) is 14.8 Å². The summed E-state index contributed by atoms with van der Waals surface area (Å²) in [5.74, 6) is 1.16. The fourth-order valence-electron chi connectivity index (χ4n) is 4.58. The van der Waals surface area contributed by atoms with E-state index in [0.717, 1.165) is 44.5 Å². The molecule has 5 rings (SSSR count). The molecule has 0 bridgehead atoms. The van der Waals surface area contributed by atoms with Crippen LogP contribution in [0.4, 0.5) is 10.6 Å². The average molecular weight is 539 g/mol. The van der Waals surface area contributed by atoms with Crippen LogP contribution in [0.2, 0.25) is 0 Å². The Balaban J connectivity index is 1.48. The molecule has 2 aromatic carbocycles. The smallest absolute Gasteiger partial charge is 0.407 e. The standard InChI is InChI=1S/C31H34N6O3/c1-5-39-19-26-36-27-28(24-13-12-22(15-25(24)35-29(27)32)23-7-6-14-33-17-23)37(26)18-21-10-8-20(9-11-21)16-34-30(38)40-31(2,3)4/h6-15,17H,5,16,18-19H2,1-4H3,(H2,32,35)(H,34,38). The van der Waals surface area contributed by atoms with Crippen molar-refractivity contribution in [3.63, 3.8) is 0 Å². The number of amides is 1. The molecule has 0 radical (unpaired) electrons. The van der Waals surface area contributed by atoms with Gasteiger partial charge in [0.25, 0.3) is 0 Å². The van der Waals surface area contributed by atoms with Crippen molar-refractivity contribution < 1.29 is 14.3 Å². The Labute approximate surface area is 233 Å². The van der Waals surface area contributed by atoms with E-state index in [2.05, 4.69) is 39.1 Å². The number of fused-ring (bicyclic) bond motifs is 3. The second kappa shape index (κ2) is 11.3. The summed E-state index contributed by atoms with van der Waals surface area (Å²) in [4.78, 5) is 25.8. The fourth-order valence-corrected chi connectivity index (χ4v) is 4.58. The number of ether oxygens (including phenoxy) is 2. The van der Waals surface area contributed by atoms with Gasteiger partial charge in [0.05, 0.1) is 11.0 Å². The highest BCUT2D eigenvalue weighted by atomic mass is 16.6. The highest BCUT2D eigenvalue weighted by Gasteiger charge is 2.19. The molecule has 206 valence electrons. The van der Waals surface area contributed by atoms with E-state index >= 15 is 0 Å². The molecular weight excluding hydrogens is 504 g/mol. The van der Waals surface area contributed by atoms with Crippen molar-refractivity contribution in [1.82, 2.24) is 24.8 Å². The van der Waals surface area contributed by atoms with Gasteiger partial charge in [-0.15, -0.1) is 0 Å². The number of carbonyl (C=O) groups is 1. The number of carbonyl (C=O) groups excluding carboxylic acids is 1. The number of alkyl carbamates (subject to hydrolysis) is 1. The molecule has 0 fully saturated rings. The normalized spacial score (nSPS) is 11.7. The molecule has 0 aliphatic heterocycles. The van der Waals surface area contributed by atoms with Crippen LogP contribution in [-0.4, -0.2) is 37.8 Å². The first-order valence-corrected chi connectivity index (χ1v) is 13.3. The number of hydrogen-bond donors (Lipinski definition) is 2. The number of anilines is 1. The van der Waals surface area contributed by atoms with Gasteiger partial charge in [0, 0.05) is 43.0 Å². The fraction of sp³-hybridized carbons (Fsp3) is 0.290. The third kappa shape index (κ3) is 6.05. The number of nitrogen functional groups attached to an aromatic ring is 1. The molecule has 1 amide bonds. The van der Waals surface area contributed by atoms with E-state index in [1.165, 1.54) is 0 Å². The largest absolute Gasteiger partial charge is 0.444 e. The van der Waals surface area contributed by atoms with E-state index in [1.54, 1.807) is 6.20 Å². The zero-order valence-corrected chi connectivity index (χ0v) is 23.3. The molecule has 9 heteroatoms. The van der Waals surface area contributed by atoms with Crippen molar-refractivity contribution in [3.05, 3.63) is 83.9 Å². The monoisotopic (exact) mass is 538 g/mol. The number of nitrogens with one attached hydrogen (secondary N) is 1. The molecule has 0 atom stereocenters. The van der Waals surface area contributed by atoms with Crippen LogP contribution in [0.1, 0.15) is 44.6 Å². The van der Waals surface area contributed by atoms with E-state index in [-0.39, 0.29) is 0 Å². The summed E-state index contributed by atoms with van der Waals surface area (Å²) in [6.07, 6.45) is 3.15. The maximum Gasteiger partial charge on any atom is 0.407 e. The van der Waals surface area contributed by atoms with Crippen LogP contribution in [0.15, 0.2) is 67.0 Å². The number of rotatable bonds is 8. The molecule has 0 aliphatic rings. The molecule has 0 aliphatic carbocycles. The van der Waals surface area contributed by atoms with Gasteiger partial charge in [-0.3, -0.25) is 4.98 Å². The number of pyridine rings is 2. The minimum atomic E-state index is -0.538. The SMILES string of the molecule is CCOCc1nc2c(N)nc3cc(-c4cccnc4)ccc3c2n1Cc1ccc(CNC(=O)OC(C)(C)C)cc1. The molecule has 0 spiro atoms. The van der Waals surface area contributed by atoms with Crippen LogP contribution in [0.3, 0.4) is 0 Å². The van der Waals surface area contributed by atoms with Gasteiger partial charge in [0.1, 0.15) is 23.5 Å². The number of imidazole rings is 1. The van der Waals surface area contributed by atoms with Crippen molar-refractivity contribution in [1.29, 1.82) is 0 Å². The lowest BCUT2D eigenvalue weighted by atomic mass is 10.0. The predicted molar refractivity (Wildman–Crippen MR) is 157 cm³/mol. The van der Waals surface area contributed by atoms with Crippen LogP contribution in [-0.2, 0) is 29.2 Å². The van der Waals surface area contributed by atoms with Gasteiger partial charge < -0.3 is 25.1 Å². The molecule has 9 nitrogen and oxygen atoms in total. The van der Waals surface area contributed by atoms with Crippen LogP contribution in [0, 0.1) is 0 Å². The van der Waals surface area contributed by atoms with Crippen molar-refractivity contribution in [2.24, 2.45) is 0 Å². The Hall–Kier alpha value is -4.50. The summed E-state index contributed by atoms with van der Waals surface area (Å²) in [5, 5.41) is 3.77. The van der Waals surface area contributed by atoms with Crippen molar-refractivity contribution in [3.8, 4) is 11.1 Å². The predicted octanol–water partition coefficient (Wildman–Crippen LogP) is 5.84. The van der Waals surface area contributed by atoms with Crippen LogP contribution in [0.25, 0.3) is 33.1 Å². The molecule has 3 aromatic heterocycles. The molecule has 0 saturated heterocycles. The second-order valence-corrected chi connectivity index (χ2v) is 10.6. The number of benzene rings is 2. The zero-order valence-electron chi connectivity index (χ0n) is 23.3. The zero-order chi connectivity index (χ0) is 28.3. The first kappa shape index (κ1) is 27.1. The molecule has 5 aromatic rings. The Morgan fingerprint density at radius 3 is 2.50 bits per heavy atom. The van der Waals surface area contributed by atoms with E-state index in [0.29, 0.717) is 37.6 Å². The van der Waals surface area contributed by atoms with Crippen molar-refractivity contribution in [2.75, 3.05) is 12.3 Å². The van der Waals surface area contributed by atoms with E-state index in [9.17, 15) is 4.79 Å². The summed E-state index contributed by atoms with van der Waals surface area (Å²) < 4.78 is 13.2. The summed E-state index contributed by atoms with van der Waals surface area (Å²) in [6, 6.07) is 18.2. The highest BCUT2D eigenvalue weighted by molar-refractivity contribution is 6.07. The van der Waals surface area contributed by atoms with E-state index in [1.807, 2.05) is 64.2 Å². The maximum atomic E-state index is 12.0. The van der Waals surface area contributed by atoms with Gasteiger partial charge in [-0.05, 0) is 56.5 Å². The lowest BCUT2D eigenvalue weighted by Gasteiger charge is -2.19. The third-order valence-corrected chi connectivity index (χ3v) is 6.41. The third-order valence-electron chi connectivity index (χ3n) is 6.41. The van der Waals surface area contributed by atoms with Crippen molar-refractivity contribution in [2.45, 2.75) is 53.0 Å². The number of hydrogen-bond acceptors (Lipinski definition) is 7. The van der Waals surface area contributed by atoms with Crippen LogP contribution in [0.5, 0.6) is 0 Å². The molecular formula is C31H34N6O3. The lowest BCUT2D eigenvalue weighted by molar-refractivity contribution is 0.0523. The van der Waals surface area contributed by atoms with Gasteiger partial charge in [0.15, 0.2) is 5.82 Å². The van der Waals surface area contributed by atoms with Gasteiger partial charge in [-0.2, -0.15) is 0 Å². The topological polar surface area (TPSA) is 117 Å². The minimum absolute atomic E-state index is 0.359. The molecule has 3 heterocycles. The Bertz CT molecular complexity index is 1640. The summed E-state index contributed by atoms with van der Waals surface area (Å²) in [6.45, 7) is 9.37. The number of aromatic nitrogens is 4. The van der Waals surface area contributed by atoms with E-state index in [4.69, 9.17) is 25.2 Å². The van der Waals surface area contributed by atoms with Gasteiger partial charge >= 0.3 is 6.09 Å². The molecule has 3 N–H and O–H groups in total. The van der Waals surface area contributed by atoms with Gasteiger partial charge in [-0.1, -0.05) is 42.5 Å². The number of nitrogens with zero attached hydrogens (tertiary/aromatic N) is 4. The lowest BCUT2D eigenvalue weighted by Crippen LogP contribution is -2.32. The summed E-state index contributed by atoms with van der Waals surface area (Å²) >= 11 is 0. The summed E-state index contributed by atoms with van der Waals surface area (Å²) in [7, 11) is 0. The number of nitrogens with two attached hydrogens (primary N) is 1. The Kier molecular flexibility index (Phi) is 7.66. The maximum absolute atomic E-state index is 12.0. The van der Waals surface area contributed by atoms with Crippen LogP contribution >= 0.6 is 0 Å². The highest BCUT2D eigenvalue weighted by Crippen LogP contribution is 2.32.